The van der Waals surface area contributed by atoms with Gasteiger partial charge in [-0.25, -0.2) is 4.90 Å². The van der Waals surface area contributed by atoms with Crippen LogP contribution in [0.25, 0.3) is 0 Å². The van der Waals surface area contributed by atoms with Gasteiger partial charge in [0.15, 0.2) is 0 Å². The molecule has 0 aromatic carbocycles. The zero-order valence-corrected chi connectivity index (χ0v) is 22.1. The topological polar surface area (TPSA) is 9.72 Å². The summed E-state index contributed by atoms with van der Waals surface area (Å²) in [5, 5.41) is 1.71. The zero-order valence-electron chi connectivity index (χ0n) is 20.3. The summed E-state index contributed by atoms with van der Waals surface area (Å²) in [5.41, 5.74) is 0. The van der Waals surface area contributed by atoms with Crippen LogP contribution in [0.5, 0.6) is 0 Å². The molecule has 0 amide bonds. The Morgan fingerprint density at radius 1 is 0.586 bits per heavy atom. The molecule has 174 valence electrons. The molecule has 3 nitrogen and oxygen atoms in total. The molecular formula is C19H42BF4N3P2. The molecule has 0 spiro atoms. The van der Waals surface area contributed by atoms with E-state index in [-0.39, 0.29) is 0 Å². The molecular weight excluding hydrogens is 419 g/mol. The Labute approximate surface area is 178 Å². The van der Waals surface area contributed by atoms with E-state index in [1.807, 2.05) is 0 Å². The van der Waals surface area contributed by atoms with Crippen molar-refractivity contribution in [1.82, 2.24) is 14.2 Å². The summed E-state index contributed by atoms with van der Waals surface area (Å²) in [6.07, 6.45) is 0. The van der Waals surface area contributed by atoms with Crippen molar-refractivity contribution in [2.24, 2.45) is 0 Å². The van der Waals surface area contributed by atoms with Gasteiger partial charge in [0.1, 0.15) is 0 Å². The van der Waals surface area contributed by atoms with Crippen LogP contribution in [0.3, 0.4) is 0 Å². The molecule has 1 rings (SSSR count). The lowest BCUT2D eigenvalue weighted by molar-refractivity contribution is 0.253. The first-order valence-electron chi connectivity index (χ1n) is 10.6. The van der Waals surface area contributed by atoms with Gasteiger partial charge in [-0.05, 0) is 83.1 Å². The minimum absolute atomic E-state index is 0.566. The molecule has 1 aliphatic heterocycles. The minimum Gasteiger partial charge on any atom is -0.418 e. The van der Waals surface area contributed by atoms with E-state index in [0.29, 0.717) is 36.3 Å². The molecule has 1 heterocycles. The van der Waals surface area contributed by atoms with E-state index in [1.54, 1.807) is 13.1 Å². The predicted octanol–water partition coefficient (Wildman–Crippen LogP) is 7.45. The number of hydrogen-bond donors (Lipinski definition) is 0. The van der Waals surface area contributed by atoms with Crippen molar-refractivity contribution in [3.63, 3.8) is 0 Å². The summed E-state index contributed by atoms with van der Waals surface area (Å²) in [6, 6.07) is 3.43. The van der Waals surface area contributed by atoms with Crippen molar-refractivity contribution in [1.29, 1.82) is 0 Å². The molecule has 1 aliphatic rings. The van der Waals surface area contributed by atoms with E-state index in [4.69, 9.17) is 0 Å². The highest BCUT2D eigenvalue weighted by molar-refractivity contribution is 8.53. The molecule has 0 fully saturated rings. The average Bonchev–Trinajstić information content (AvgIpc) is 3.07. The van der Waals surface area contributed by atoms with E-state index in [0.717, 1.165) is 0 Å². The normalized spacial score (nSPS) is 17.3. The fourth-order valence-corrected chi connectivity index (χ4v) is 14.9. The molecule has 0 unspecified atom stereocenters. The Morgan fingerprint density at radius 3 is 1.00 bits per heavy atom. The molecule has 0 saturated heterocycles. The SMILES string of the molecule is CC(C)N(C1=P[P+]1(N(C(C)C)C(C)C)N(C(C)C)C(C)C)C(C)C.F[B-](F)(F)F. The van der Waals surface area contributed by atoms with Gasteiger partial charge in [0.2, 0.25) is 7.89 Å². The quantitative estimate of drug-likeness (QED) is 0.201. The molecule has 0 radical (unpaired) electrons. The summed E-state index contributed by atoms with van der Waals surface area (Å²) in [4.78, 5) is 2.70. The summed E-state index contributed by atoms with van der Waals surface area (Å²) >= 11 is 0. The molecule has 0 atom stereocenters. The van der Waals surface area contributed by atoms with Gasteiger partial charge in [-0.15, -0.1) is 9.34 Å². The van der Waals surface area contributed by atoms with Gasteiger partial charge in [0.25, 0.3) is 12.4 Å². The average molecular weight is 461 g/mol. The third-order valence-electron chi connectivity index (χ3n) is 4.56. The van der Waals surface area contributed by atoms with Gasteiger partial charge < -0.3 is 17.3 Å². The Balaban J connectivity index is 0.00000139. The summed E-state index contributed by atoms with van der Waals surface area (Å²) < 4.78 is 44.7. The first kappa shape index (κ1) is 29.3. The van der Waals surface area contributed by atoms with Gasteiger partial charge in [0.05, 0.1) is 0 Å². The summed E-state index contributed by atoms with van der Waals surface area (Å²) in [7, 11) is -5.84. The molecule has 0 aromatic heterocycles. The van der Waals surface area contributed by atoms with Crippen LogP contribution in [0.4, 0.5) is 17.3 Å². The van der Waals surface area contributed by atoms with Crippen molar-refractivity contribution in [3.05, 3.63) is 0 Å². The van der Waals surface area contributed by atoms with Crippen LogP contribution < -0.4 is 0 Å². The highest BCUT2D eigenvalue weighted by Crippen LogP contribution is 2.91. The molecule has 10 heteroatoms. The largest absolute Gasteiger partial charge is 0.673 e. The van der Waals surface area contributed by atoms with Crippen molar-refractivity contribution < 1.29 is 17.3 Å². The van der Waals surface area contributed by atoms with Gasteiger partial charge >= 0.3 is 7.25 Å². The van der Waals surface area contributed by atoms with Crippen LogP contribution >= 0.6 is 15.1 Å². The third-order valence-corrected chi connectivity index (χ3v) is 12.5. The van der Waals surface area contributed by atoms with E-state index in [9.17, 15) is 17.3 Å². The van der Waals surface area contributed by atoms with Crippen LogP contribution in [0.1, 0.15) is 83.1 Å². The van der Waals surface area contributed by atoms with Gasteiger partial charge in [-0.3, -0.25) is 0 Å². The maximum absolute atomic E-state index is 9.75. The Bertz CT molecular complexity index is 488. The third kappa shape index (κ3) is 8.03. The Hall–Kier alpha value is 0.265. The second-order valence-electron chi connectivity index (χ2n) is 9.19. The lowest BCUT2D eigenvalue weighted by Gasteiger charge is -2.42. The Morgan fingerprint density at radius 2 is 0.828 bits per heavy atom. The molecule has 0 aliphatic carbocycles. The van der Waals surface area contributed by atoms with Crippen LogP contribution in [0, 0.1) is 0 Å². The molecule has 0 saturated carbocycles. The maximum atomic E-state index is 9.75. The van der Waals surface area contributed by atoms with Crippen LogP contribution in [0.2, 0.25) is 0 Å². The second-order valence-corrected chi connectivity index (χ2v) is 14.9. The second kappa shape index (κ2) is 11.2. The number of nitrogens with zero attached hydrogens (tertiary/aromatic N) is 3. The van der Waals surface area contributed by atoms with Gasteiger partial charge in [-0.1, -0.05) is 0 Å². The monoisotopic (exact) mass is 461 g/mol. The van der Waals surface area contributed by atoms with Gasteiger partial charge in [0, 0.05) is 36.3 Å². The lowest BCUT2D eigenvalue weighted by atomic mass is 10.2. The van der Waals surface area contributed by atoms with Crippen LogP contribution in [-0.2, 0) is 0 Å². The highest BCUT2D eigenvalue weighted by atomic mass is 32.1. The van der Waals surface area contributed by atoms with E-state index in [1.165, 1.54) is 0 Å². The van der Waals surface area contributed by atoms with Gasteiger partial charge in [-0.2, -0.15) is 0 Å². The van der Waals surface area contributed by atoms with E-state index >= 15 is 0 Å². The summed E-state index contributed by atoms with van der Waals surface area (Å²) in [5.74, 6) is 0. The zero-order chi connectivity index (χ0) is 23.5. The maximum Gasteiger partial charge on any atom is 0.673 e. The van der Waals surface area contributed by atoms with E-state index < -0.39 is 14.5 Å². The predicted molar refractivity (Wildman–Crippen MR) is 125 cm³/mol. The van der Waals surface area contributed by atoms with Crippen molar-refractivity contribution in [2.45, 2.75) is 119 Å². The van der Waals surface area contributed by atoms with Crippen molar-refractivity contribution in [3.8, 4) is 0 Å². The molecule has 0 aromatic rings. The smallest absolute Gasteiger partial charge is 0.418 e. The lowest BCUT2D eigenvalue weighted by Crippen LogP contribution is -2.48. The fraction of sp³-hybridized carbons (Fsp3) is 0.947. The molecule has 0 bridgehead atoms. The standard InChI is InChI=1S/C19H42N3P2.BF4/c1-13(2)20(14(3)4)19-23-24(19,21(15(5)6)16(7)8)22(17(9)10)18(11)12;2-1(3,4)5/h13-18H,1-12H3;/q+1;-1. The fourth-order valence-electron chi connectivity index (χ4n) is 4.28. The molecule has 0 N–H and O–H groups in total. The van der Waals surface area contributed by atoms with Crippen LogP contribution in [-0.4, -0.2) is 62.9 Å². The summed E-state index contributed by atoms with van der Waals surface area (Å²) in [6.45, 7) is 28.4. The number of rotatable bonds is 9. The first-order valence-corrected chi connectivity index (χ1v) is 13.9. The van der Waals surface area contributed by atoms with Crippen LogP contribution in [0.15, 0.2) is 0 Å². The number of halogens is 4. The molecule has 29 heavy (non-hydrogen) atoms. The highest BCUT2D eigenvalue weighted by Gasteiger charge is 2.72. The Kier molecular flexibility index (Phi) is 11.3. The first-order chi connectivity index (χ1) is 12.9. The van der Waals surface area contributed by atoms with Crippen molar-refractivity contribution in [2.75, 3.05) is 0 Å². The number of hydrogen-bond acceptors (Lipinski definition) is 3. The van der Waals surface area contributed by atoms with Crippen molar-refractivity contribution >= 4 is 27.6 Å². The minimum atomic E-state index is -6.00. The van der Waals surface area contributed by atoms with E-state index in [2.05, 4.69) is 97.3 Å².